The minimum absolute atomic E-state index is 0.0974. The number of carbonyl (C=O) groups excluding carboxylic acids is 3. The molecule has 3 aromatic carbocycles. The van der Waals surface area contributed by atoms with E-state index >= 15 is 0 Å². The predicted molar refractivity (Wildman–Crippen MR) is 117 cm³/mol. The highest BCUT2D eigenvalue weighted by molar-refractivity contribution is 6.24. The largest absolute Gasteiger partial charge is 0.493 e. The van der Waals surface area contributed by atoms with Crippen molar-refractivity contribution < 1.29 is 28.8 Å². The van der Waals surface area contributed by atoms with E-state index in [0.29, 0.717) is 27.8 Å². The number of imide groups is 1. The number of fused-ring (bicyclic) bond motifs is 1. The molecule has 0 bridgehead atoms. The first-order valence-corrected chi connectivity index (χ1v) is 9.73. The van der Waals surface area contributed by atoms with Gasteiger partial charge in [0.1, 0.15) is 17.9 Å². The van der Waals surface area contributed by atoms with Gasteiger partial charge in [-0.3, -0.25) is 29.4 Å². The molecule has 3 amide bonds. The summed E-state index contributed by atoms with van der Waals surface area (Å²) in [6.07, 6.45) is 0. The number of benzene rings is 3. The number of hydrogen-bond donors (Lipinski definition) is 1. The quantitative estimate of drug-likeness (QED) is 0.333. The van der Waals surface area contributed by atoms with Crippen molar-refractivity contribution in [3.63, 3.8) is 0 Å². The summed E-state index contributed by atoms with van der Waals surface area (Å²) in [5.74, 6) is -0.671. The number of ether oxygens (including phenoxy) is 2. The second-order valence-electron chi connectivity index (χ2n) is 6.98. The van der Waals surface area contributed by atoms with Crippen molar-refractivity contribution in [3.05, 3.63) is 88.0 Å². The van der Waals surface area contributed by atoms with Crippen LogP contribution in [0.5, 0.6) is 17.2 Å². The summed E-state index contributed by atoms with van der Waals surface area (Å²) in [5, 5.41) is 13.8. The smallest absolute Gasteiger partial charge is 0.282 e. The Morgan fingerprint density at radius 3 is 2.33 bits per heavy atom. The molecule has 166 valence electrons. The fraction of sp³-hybridized carbons (Fsp3) is 0.0870. The summed E-state index contributed by atoms with van der Waals surface area (Å²) in [5.41, 5.74) is -0.465. The topological polar surface area (TPSA) is 128 Å². The molecule has 0 unspecified atom stereocenters. The number of methoxy groups -OCH3 is 1. The van der Waals surface area contributed by atoms with Crippen molar-refractivity contribution in [2.24, 2.45) is 0 Å². The Morgan fingerprint density at radius 2 is 1.67 bits per heavy atom. The molecule has 0 atom stereocenters. The number of amides is 3. The zero-order chi connectivity index (χ0) is 23.5. The van der Waals surface area contributed by atoms with Crippen molar-refractivity contribution in [1.82, 2.24) is 4.90 Å². The minimum Gasteiger partial charge on any atom is -0.493 e. The zero-order valence-electron chi connectivity index (χ0n) is 17.3. The van der Waals surface area contributed by atoms with Crippen LogP contribution in [0.25, 0.3) is 0 Å². The van der Waals surface area contributed by atoms with Gasteiger partial charge in [0.15, 0.2) is 11.5 Å². The van der Waals surface area contributed by atoms with Gasteiger partial charge in [0, 0.05) is 11.8 Å². The van der Waals surface area contributed by atoms with Crippen LogP contribution in [0.3, 0.4) is 0 Å². The fourth-order valence-corrected chi connectivity index (χ4v) is 3.39. The fourth-order valence-electron chi connectivity index (χ4n) is 3.39. The van der Waals surface area contributed by atoms with Crippen molar-refractivity contribution in [1.29, 1.82) is 0 Å². The number of para-hydroxylation sites is 2. The Morgan fingerprint density at radius 1 is 0.970 bits per heavy atom. The maximum absolute atomic E-state index is 12.6. The molecule has 1 aliphatic heterocycles. The van der Waals surface area contributed by atoms with E-state index in [-0.39, 0.29) is 11.1 Å². The highest BCUT2D eigenvalue weighted by Crippen LogP contribution is 2.32. The third kappa shape index (κ3) is 4.22. The van der Waals surface area contributed by atoms with Gasteiger partial charge in [-0.1, -0.05) is 18.2 Å². The van der Waals surface area contributed by atoms with Crippen molar-refractivity contribution in [2.45, 2.75) is 0 Å². The lowest BCUT2D eigenvalue weighted by Gasteiger charge is -2.14. The standard InChI is InChI=1S/C23H17N3O7/c1-32-18-7-2-3-8-19(18)33-15-11-9-14(10-12-15)24-20(27)13-25-22(28)16-5-4-6-17(26(30)31)21(16)23(25)29/h2-12H,13H2,1H3,(H,24,27). The molecule has 10 nitrogen and oxygen atoms in total. The second kappa shape index (κ2) is 8.79. The van der Waals surface area contributed by atoms with Gasteiger partial charge in [0.25, 0.3) is 17.5 Å². The summed E-state index contributed by atoms with van der Waals surface area (Å²) < 4.78 is 11.0. The number of carbonyl (C=O) groups is 3. The van der Waals surface area contributed by atoms with Crippen LogP contribution in [0, 0.1) is 10.1 Å². The average Bonchev–Trinajstić information content (AvgIpc) is 3.05. The number of anilines is 1. The Balaban J connectivity index is 1.42. The minimum atomic E-state index is -0.877. The molecule has 33 heavy (non-hydrogen) atoms. The van der Waals surface area contributed by atoms with Crippen molar-refractivity contribution in [2.75, 3.05) is 19.0 Å². The van der Waals surface area contributed by atoms with Gasteiger partial charge in [-0.25, -0.2) is 0 Å². The lowest BCUT2D eigenvalue weighted by molar-refractivity contribution is -0.385. The molecule has 3 aromatic rings. The molecule has 0 aromatic heterocycles. The molecule has 1 aliphatic rings. The van der Waals surface area contributed by atoms with E-state index in [1.165, 1.54) is 19.2 Å². The highest BCUT2D eigenvalue weighted by Gasteiger charge is 2.41. The molecular formula is C23H17N3O7. The molecule has 1 N–H and O–H groups in total. The van der Waals surface area contributed by atoms with E-state index in [1.807, 2.05) is 6.07 Å². The number of nitro groups is 1. The van der Waals surface area contributed by atoms with Crippen LogP contribution < -0.4 is 14.8 Å². The zero-order valence-corrected chi connectivity index (χ0v) is 17.3. The van der Waals surface area contributed by atoms with Gasteiger partial charge in [0.05, 0.1) is 17.6 Å². The predicted octanol–water partition coefficient (Wildman–Crippen LogP) is 3.63. The average molecular weight is 447 g/mol. The summed E-state index contributed by atoms with van der Waals surface area (Å²) in [4.78, 5) is 48.7. The van der Waals surface area contributed by atoms with Crippen molar-refractivity contribution in [3.8, 4) is 17.2 Å². The first kappa shape index (κ1) is 21.5. The van der Waals surface area contributed by atoms with E-state index in [4.69, 9.17) is 9.47 Å². The van der Waals surface area contributed by atoms with Gasteiger partial charge in [-0.2, -0.15) is 0 Å². The molecule has 0 saturated carbocycles. The third-order valence-electron chi connectivity index (χ3n) is 4.91. The third-order valence-corrected chi connectivity index (χ3v) is 4.91. The molecular weight excluding hydrogens is 430 g/mol. The Labute approximate surface area is 187 Å². The molecule has 0 radical (unpaired) electrons. The maximum atomic E-state index is 12.6. The first-order chi connectivity index (χ1) is 15.9. The summed E-state index contributed by atoms with van der Waals surface area (Å²) in [6, 6.07) is 17.4. The van der Waals surface area contributed by atoms with Gasteiger partial charge in [-0.15, -0.1) is 0 Å². The normalized spacial score (nSPS) is 12.3. The Bertz CT molecular complexity index is 1270. The van der Waals surface area contributed by atoms with E-state index in [2.05, 4.69) is 5.32 Å². The number of hydrogen-bond acceptors (Lipinski definition) is 7. The number of nitrogens with one attached hydrogen (secondary N) is 1. The monoisotopic (exact) mass is 447 g/mol. The van der Waals surface area contributed by atoms with Gasteiger partial charge >= 0.3 is 0 Å². The molecule has 0 spiro atoms. The second-order valence-corrected chi connectivity index (χ2v) is 6.98. The van der Waals surface area contributed by atoms with Crippen LogP contribution >= 0.6 is 0 Å². The van der Waals surface area contributed by atoms with Crippen molar-refractivity contribution >= 4 is 29.1 Å². The van der Waals surface area contributed by atoms with Gasteiger partial charge in [0.2, 0.25) is 5.91 Å². The van der Waals surface area contributed by atoms with Gasteiger partial charge in [-0.05, 0) is 42.5 Å². The molecule has 0 saturated heterocycles. The van der Waals surface area contributed by atoms with E-state index in [1.54, 1.807) is 42.5 Å². The van der Waals surface area contributed by atoms with Crippen LogP contribution in [0.2, 0.25) is 0 Å². The van der Waals surface area contributed by atoms with Crippen LogP contribution in [0.4, 0.5) is 11.4 Å². The van der Waals surface area contributed by atoms with E-state index in [9.17, 15) is 24.5 Å². The van der Waals surface area contributed by atoms with E-state index < -0.39 is 34.9 Å². The van der Waals surface area contributed by atoms with Crippen LogP contribution in [-0.4, -0.2) is 41.2 Å². The molecule has 4 rings (SSSR count). The van der Waals surface area contributed by atoms with Crippen LogP contribution in [-0.2, 0) is 4.79 Å². The summed E-state index contributed by atoms with van der Waals surface area (Å²) >= 11 is 0. The van der Waals surface area contributed by atoms with E-state index in [0.717, 1.165) is 6.07 Å². The number of nitro benzene ring substituents is 1. The molecule has 0 fully saturated rings. The Hall–Kier alpha value is -4.73. The molecule has 10 heteroatoms. The summed E-state index contributed by atoms with van der Waals surface area (Å²) in [7, 11) is 1.54. The number of nitrogens with zero attached hydrogens (tertiary/aromatic N) is 2. The van der Waals surface area contributed by atoms with Crippen LogP contribution in [0.15, 0.2) is 66.7 Å². The highest BCUT2D eigenvalue weighted by atomic mass is 16.6. The Kier molecular flexibility index (Phi) is 5.73. The summed E-state index contributed by atoms with van der Waals surface area (Å²) in [6.45, 7) is -0.580. The number of rotatable bonds is 7. The molecule has 1 heterocycles. The SMILES string of the molecule is COc1ccccc1Oc1ccc(NC(=O)CN2C(=O)c3cccc([N+](=O)[O-])c3C2=O)cc1. The maximum Gasteiger partial charge on any atom is 0.282 e. The van der Waals surface area contributed by atoms with Gasteiger partial charge < -0.3 is 14.8 Å². The van der Waals surface area contributed by atoms with Crippen LogP contribution in [0.1, 0.15) is 20.7 Å². The lowest BCUT2D eigenvalue weighted by atomic mass is 10.1. The first-order valence-electron chi connectivity index (χ1n) is 9.73. The lowest BCUT2D eigenvalue weighted by Crippen LogP contribution is -2.37. The molecule has 0 aliphatic carbocycles.